The molecule has 0 fully saturated rings. The van der Waals surface area contributed by atoms with E-state index in [0.717, 1.165) is 22.4 Å². The minimum Gasteiger partial charge on any atom is -0.431 e. The molecule has 0 aliphatic heterocycles. The first kappa shape index (κ1) is 13.6. The molecule has 106 valence electrons. The van der Waals surface area contributed by atoms with Gasteiger partial charge in [-0.1, -0.05) is 12.1 Å². The highest BCUT2D eigenvalue weighted by molar-refractivity contribution is 7.99. The Morgan fingerprint density at radius 1 is 1.24 bits per heavy atom. The molecule has 3 rings (SSSR count). The van der Waals surface area contributed by atoms with E-state index in [1.54, 1.807) is 0 Å². The normalized spacial score (nSPS) is 11.0. The molecule has 0 aliphatic carbocycles. The Bertz CT molecular complexity index is 808. The van der Waals surface area contributed by atoms with Crippen molar-refractivity contribution in [3.8, 4) is 0 Å². The van der Waals surface area contributed by atoms with Crippen molar-refractivity contribution in [2.75, 3.05) is 0 Å². The minimum atomic E-state index is -0.00129. The number of nitrogens with two attached hydrogens (primary N) is 1. The van der Waals surface area contributed by atoms with Gasteiger partial charge >= 0.3 is 0 Å². The predicted molar refractivity (Wildman–Crippen MR) is 82.9 cm³/mol. The number of nitrogens with one attached hydrogen (secondary N) is 1. The number of benzene rings is 1. The molecule has 6 heteroatoms. The number of amidine groups is 1. The molecule has 0 saturated carbocycles. The highest BCUT2D eigenvalue weighted by Crippen LogP contribution is 2.32. The van der Waals surface area contributed by atoms with Gasteiger partial charge in [-0.15, -0.1) is 0 Å². The van der Waals surface area contributed by atoms with Gasteiger partial charge in [-0.05, 0) is 49.4 Å². The highest BCUT2D eigenvalue weighted by Gasteiger charge is 2.16. The number of hydrogen-bond acceptors (Lipinski definition) is 5. The topological polar surface area (TPSA) is 88.8 Å². The zero-order chi connectivity index (χ0) is 15.0. The number of oxazole rings is 1. The van der Waals surface area contributed by atoms with Gasteiger partial charge < -0.3 is 10.2 Å². The molecule has 2 heterocycles. The lowest BCUT2D eigenvalue weighted by atomic mass is 10.1. The van der Waals surface area contributed by atoms with Crippen LogP contribution in [0.2, 0.25) is 0 Å². The average Bonchev–Trinajstić information content (AvgIpc) is 2.79. The molecular formula is C15H14N4OS. The third kappa shape index (κ3) is 2.62. The number of nitrogens with zero attached hydrogens (tertiary/aromatic N) is 2. The van der Waals surface area contributed by atoms with Gasteiger partial charge in [-0.25, -0.2) is 9.97 Å². The van der Waals surface area contributed by atoms with E-state index in [-0.39, 0.29) is 5.84 Å². The van der Waals surface area contributed by atoms with Gasteiger partial charge in [-0.3, -0.25) is 5.41 Å². The van der Waals surface area contributed by atoms with Crippen molar-refractivity contribution in [3.63, 3.8) is 0 Å². The van der Waals surface area contributed by atoms with E-state index in [2.05, 4.69) is 9.97 Å². The summed E-state index contributed by atoms with van der Waals surface area (Å²) in [6, 6.07) is 9.48. The second kappa shape index (κ2) is 5.21. The lowest BCUT2D eigenvalue weighted by Gasteiger charge is -2.09. The van der Waals surface area contributed by atoms with Crippen LogP contribution in [0.15, 0.2) is 45.0 Å². The van der Waals surface area contributed by atoms with Crippen LogP contribution in [0.3, 0.4) is 0 Å². The van der Waals surface area contributed by atoms with Crippen LogP contribution < -0.4 is 5.73 Å². The van der Waals surface area contributed by atoms with Gasteiger partial charge in [0, 0.05) is 5.69 Å². The maximum atomic E-state index is 7.73. The fourth-order valence-corrected chi connectivity index (χ4v) is 3.18. The number of nitrogen functional groups attached to an aromatic ring is 1. The van der Waals surface area contributed by atoms with Gasteiger partial charge in [0.25, 0.3) is 5.22 Å². The van der Waals surface area contributed by atoms with Crippen LogP contribution in [-0.2, 0) is 0 Å². The molecule has 0 saturated heterocycles. The highest BCUT2D eigenvalue weighted by atomic mass is 32.2. The van der Waals surface area contributed by atoms with Crippen LogP contribution in [-0.4, -0.2) is 15.8 Å². The summed E-state index contributed by atoms with van der Waals surface area (Å²) in [5.74, 6) is -0.00129. The lowest BCUT2D eigenvalue weighted by molar-refractivity contribution is 0.489. The summed E-state index contributed by atoms with van der Waals surface area (Å²) >= 11 is 1.29. The number of hydrogen-bond donors (Lipinski definition) is 2. The summed E-state index contributed by atoms with van der Waals surface area (Å²) in [4.78, 5) is 8.88. The van der Waals surface area contributed by atoms with Crippen molar-refractivity contribution in [3.05, 3.63) is 47.2 Å². The molecule has 5 nitrogen and oxygen atoms in total. The largest absolute Gasteiger partial charge is 0.431 e. The van der Waals surface area contributed by atoms with Crippen LogP contribution in [0.4, 0.5) is 0 Å². The third-order valence-corrected chi connectivity index (χ3v) is 3.88. The molecule has 21 heavy (non-hydrogen) atoms. The molecule has 0 aliphatic rings. The van der Waals surface area contributed by atoms with Gasteiger partial charge in [0.15, 0.2) is 5.58 Å². The van der Waals surface area contributed by atoms with E-state index in [4.69, 9.17) is 15.6 Å². The van der Waals surface area contributed by atoms with Crippen molar-refractivity contribution >= 4 is 28.7 Å². The number of rotatable bonds is 3. The lowest BCUT2D eigenvalue weighted by Crippen LogP contribution is -2.15. The van der Waals surface area contributed by atoms with Crippen molar-refractivity contribution in [2.24, 2.45) is 5.73 Å². The second-order valence-electron chi connectivity index (χ2n) is 4.72. The zero-order valence-corrected chi connectivity index (χ0v) is 12.5. The molecule has 3 N–H and O–H groups in total. The Balaban J connectivity index is 2.06. The van der Waals surface area contributed by atoms with E-state index in [1.807, 2.05) is 44.2 Å². The van der Waals surface area contributed by atoms with Gasteiger partial charge in [-0.2, -0.15) is 0 Å². The summed E-state index contributed by atoms with van der Waals surface area (Å²) in [5, 5.41) is 8.88. The quantitative estimate of drug-likeness (QED) is 0.572. The number of para-hydroxylation sites is 2. The first-order valence-corrected chi connectivity index (χ1v) is 7.22. The molecule has 0 atom stereocenters. The van der Waals surface area contributed by atoms with Gasteiger partial charge in [0.2, 0.25) is 0 Å². The van der Waals surface area contributed by atoms with E-state index in [1.165, 1.54) is 11.8 Å². The molecule has 0 spiro atoms. The summed E-state index contributed by atoms with van der Waals surface area (Å²) in [6.45, 7) is 3.83. The van der Waals surface area contributed by atoms with Crippen LogP contribution in [0.5, 0.6) is 0 Å². The molecule has 0 amide bonds. The summed E-state index contributed by atoms with van der Waals surface area (Å²) in [7, 11) is 0. The molecular weight excluding hydrogens is 284 g/mol. The smallest absolute Gasteiger partial charge is 0.263 e. The fraction of sp³-hybridized carbons (Fsp3) is 0.133. The fourth-order valence-electron chi connectivity index (χ4n) is 2.18. The Kier molecular flexibility index (Phi) is 3.39. The number of aryl methyl sites for hydroxylation is 2. The Morgan fingerprint density at radius 3 is 2.71 bits per heavy atom. The second-order valence-corrected chi connectivity index (χ2v) is 5.66. The van der Waals surface area contributed by atoms with Crippen molar-refractivity contribution in [1.82, 2.24) is 9.97 Å². The van der Waals surface area contributed by atoms with Gasteiger partial charge in [0.05, 0.1) is 5.56 Å². The first-order chi connectivity index (χ1) is 10.0. The van der Waals surface area contributed by atoms with Crippen LogP contribution in [0, 0.1) is 19.3 Å². The first-order valence-electron chi connectivity index (χ1n) is 6.40. The molecule has 0 radical (unpaired) electrons. The molecule has 0 unspecified atom stereocenters. The van der Waals surface area contributed by atoms with Crippen LogP contribution in [0.1, 0.15) is 16.8 Å². The third-order valence-electron chi connectivity index (χ3n) is 3.04. The average molecular weight is 298 g/mol. The van der Waals surface area contributed by atoms with E-state index in [9.17, 15) is 0 Å². The molecule has 2 aromatic heterocycles. The number of aromatic nitrogens is 2. The maximum absolute atomic E-state index is 7.73. The molecule has 1 aromatic carbocycles. The standard InChI is InChI=1S/C15H14N4OS/c1-8-7-9(2)18-14(12(8)13(16)17)21-15-19-10-5-3-4-6-11(10)20-15/h3-7H,1-2H3,(H3,16,17). The van der Waals surface area contributed by atoms with Crippen molar-refractivity contribution in [2.45, 2.75) is 24.1 Å². The predicted octanol–water partition coefficient (Wildman–Crippen LogP) is 3.27. The van der Waals surface area contributed by atoms with Gasteiger partial charge in [0.1, 0.15) is 16.4 Å². The molecule has 0 bridgehead atoms. The van der Waals surface area contributed by atoms with Crippen molar-refractivity contribution in [1.29, 1.82) is 5.41 Å². The number of fused-ring (bicyclic) bond motifs is 1. The monoisotopic (exact) mass is 298 g/mol. The Morgan fingerprint density at radius 2 is 2.00 bits per heavy atom. The van der Waals surface area contributed by atoms with Crippen LogP contribution in [0.25, 0.3) is 11.1 Å². The zero-order valence-electron chi connectivity index (χ0n) is 11.7. The molecule has 3 aromatic rings. The van der Waals surface area contributed by atoms with Crippen molar-refractivity contribution < 1.29 is 4.42 Å². The Labute approximate surface area is 126 Å². The summed E-state index contributed by atoms with van der Waals surface area (Å²) in [5.41, 5.74) is 9.63. The SMILES string of the molecule is Cc1cc(C)c(C(=N)N)c(Sc2nc3ccccc3o2)n1. The minimum absolute atomic E-state index is 0.00129. The van der Waals surface area contributed by atoms with E-state index in [0.29, 0.717) is 15.8 Å². The van der Waals surface area contributed by atoms with E-state index >= 15 is 0 Å². The Hall–Kier alpha value is -2.34. The van der Waals surface area contributed by atoms with Crippen LogP contribution >= 0.6 is 11.8 Å². The summed E-state index contributed by atoms with van der Waals surface area (Å²) < 4.78 is 5.69. The number of pyridine rings is 1. The van der Waals surface area contributed by atoms with E-state index < -0.39 is 0 Å². The maximum Gasteiger partial charge on any atom is 0.263 e. The summed E-state index contributed by atoms with van der Waals surface area (Å²) in [6.07, 6.45) is 0.